The number of aliphatic hydroxyl groups is 2. The summed E-state index contributed by atoms with van der Waals surface area (Å²) >= 11 is 0. The maximum atomic E-state index is 10.1. The molecule has 116 valence electrons. The zero-order chi connectivity index (χ0) is 15.9. The number of nitrogens with zero attached hydrogens (tertiary/aromatic N) is 2. The summed E-state index contributed by atoms with van der Waals surface area (Å²) in [5, 5.41) is 22.6. The van der Waals surface area contributed by atoms with Crippen molar-refractivity contribution in [3.8, 4) is 0 Å². The van der Waals surface area contributed by atoms with Gasteiger partial charge in [-0.15, -0.1) is 0 Å². The van der Waals surface area contributed by atoms with Crippen LogP contribution in [0.15, 0.2) is 22.6 Å². The molecule has 2 aromatic heterocycles. The Kier molecular flexibility index (Phi) is 3.38. The Balaban J connectivity index is 2.14. The van der Waals surface area contributed by atoms with Gasteiger partial charge in [0.15, 0.2) is 5.58 Å². The summed E-state index contributed by atoms with van der Waals surface area (Å²) in [5.74, 6) is 0. The van der Waals surface area contributed by atoms with E-state index in [1.807, 2.05) is 6.07 Å². The van der Waals surface area contributed by atoms with Gasteiger partial charge in [-0.1, -0.05) is 0 Å². The largest absolute Gasteiger partial charge is 0.423 e. The average Bonchev–Trinajstić information content (AvgIpc) is 2.82. The van der Waals surface area contributed by atoms with Gasteiger partial charge in [-0.25, -0.2) is 4.98 Å². The van der Waals surface area contributed by atoms with E-state index in [2.05, 4.69) is 15.3 Å². The highest BCUT2D eigenvalue weighted by Gasteiger charge is 2.22. The molecule has 0 fully saturated rings. The number of anilines is 2. The highest BCUT2D eigenvalue weighted by Crippen LogP contribution is 2.30. The number of aliphatic hydroxyl groups excluding tert-OH is 1. The molecule has 0 saturated heterocycles. The number of rotatable bonds is 4. The first-order valence-electron chi connectivity index (χ1n) is 6.97. The molecule has 0 atom stereocenters. The van der Waals surface area contributed by atoms with E-state index in [9.17, 15) is 5.11 Å². The molecule has 0 aliphatic heterocycles. The van der Waals surface area contributed by atoms with Crippen LogP contribution in [0.3, 0.4) is 0 Å². The van der Waals surface area contributed by atoms with Crippen LogP contribution in [0.5, 0.6) is 0 Å². The molecule has 2 heterocycles. The third-order valence-corrected chi connectivity index (χ3v) is 3.32. The highest BCUT2D eigenvalue weighted by atomic mass is 16.4. The SMILES string of the molecule is CC(C)(O)c1nc2cc3oc(NCCO)nc3cc2cc1N. The standard InChI is InChI=1S/C15H18N4O3/c1-15(2,21)13-9(16)5-8-6-11-12(7-10(8)18-13)22-14(19-11)17-3-4-20/h5-7,20-21H,3-4,16H2,1-2H3,(H,17,19). The fourth-order valence-corrected chi connectivity index (χ4v) is 2.34. The molecule has 5 N–H and O–H groups in total. The molecule has 0 unspecified atom stereocenters. The summed E-state index contributed by atoms with van der Waals surface area (Å²) in [5.41, 5.74) is 7.64. The van der Waals surface area contributed by atoms with E-state index in [4.69, 9.17) is 15.3 Å². The van der Waals surface area contributed by atoms with Crippen LogP contribution in [-0.2, 0) is 5.60 Å². The molecule has 3 aromatic rings. The first-order chi connectivity index (χ1) is 10.4. The van der Waals surface area contributed by atoms with Crippen LogP contribution in [0, 0.1) is 0 Å². The molecule has 0 saturated carbocycles. The maximum absolute atomic E-state index is 10.1. The van der Waals surface area contributed by atoms with Crippen molar-refractivity contribution >= 4 is 33.7 Å². The summed E-state index contributed by atoms with van der Waals surface area (Å²) < 4.78 is 5.57. The molecule has 0 spiro atoms. The molecule has 1 aromatic carbocycles. The van der Waals surface area contributed by atoms with E-state index in [-0.39, 0.29) is 6.61 Å². The number of aromatic nitrogens is 2. The van der Waals surface area contributed by atoms with Gasteiger partial charge in [0, 0.05) is 18.0 Å². The number of oxazole rings is 1. The molecular weight excluding hydrogens is 284 g/mol. The second-order valence-corrected chi connectivity index (χ2v) is 5.67. The van der Waals surface area contributed by atoms with Crippen molar-refractivity contribution in [1.82, 2.24) is 9.97 Å². The minimum absolute atomic E-state index is 0.00622. The van der Waals surface area contributed by atoms with Gasteiger partial charge in [-0.05, 0) is 26.0 Å². The molecule has 7 nitrogen and oxygen atoms in total. The van der Waals surface area contributed by atoms with E-state index in [0.29, 0.717) is 40.6 Å². The van der Waals surface area contributed by atoms with Gasteiger partial charge in [-0.2, -0.15) is 4.98 Å². The molecule has 0 aliphatic carbocycles. The number of nitrogens with one attached hydrogen (secondary N) is 1. The number of nitrogens with two attached hydrogens (primary N) is 1. The Hall–Kier alpha value is -2.38. The normalized spacial score (nSPS) is 12.2. The highest BCUT2D eigenvalue weighted by molar-refractivity contribution is 5.94. The van der Waals surface area contributed by atoms with Crippen molar-refractivity contribution in [1.29, 1.82) is 0 Å². The van der Waals surface area contributed by atoms with Gasteiger partial charge in [0.25, 0.3) is 6.01 Å². The van der Waals surface area contributed by atoms with E-state index in [1.165, 1.54) is 0 Å². The second kappa shape index (κ2) is 5.11. The Morgan fingerprint density at radius 3 is 2.68 bits per heavy atom. The van der Waals surface area contributed by atoms with Gasteiger partial charge in [0.2, 0.25) is 0 Å². The average molecular weight is 302 g/mol. The predicted molar refractivity (Wildman–Crippen MR) is 84.5 cm³/mol. The minimum Gasteiger partial charge on any atom is -0.423 e. The summed E-state index contributed by atoms with van der Waals surface area (Å²) in [4.78, 5) is 8.74. The van der Waals surface area contributed by atoms with Gasteiger partial charge in [0.05, 0.1) is 23.5 Å². The second-order valence-electron chi connectivity index (χ2n) is 5.67. The van der Waals surface area contributed by atoms with Crippen molar-refractivity contribution in [3.63, 3.8) is 0 Å². The Morgan fingerprint density at radius 1 is 1.23 bits per heavy atom. The van der Waals surface area contributed by atoms with Crippen molar-refractivity contribution in [2.45, 2.75) is 19.4 Å². The Morgan fingerprint density at radius 2 is 2.00 bits per heavy atom. The van der Waals surface area contributed by atoms with Crippen LogP contribution < -0.4 is 11.1 Å². The number of hydrogen-bond acceptors (Lipinski definition) is 7. The fourth-order valence-electron chi connectivity index (χ4n) is 2.34. The van der Waals surface area contributed by atoms with Crippen LogP contribution >= 0.6 is 0 Å². The first kappa shape index (κ1) is 14.6. The number of fused-ring (bicyclic) bond motifs is 2. The van der Waals surface area contributed by atoms with Gasteiger partial charge in [-0.3, -0.25) is 0 Å². The lowest BCUT2D eigenvalue weighted by molar-refractivity contribution is 0.0751. The summed E-state index contributed by atoms with van der Waals surface area (Å²) in [6.07, 6.45) is 0. The fraction of sp³-hybridized carbons (Fsp3) is 0.333. The number of benzene rings is 1. The van der Waals surface area contributed by atoms with Crippen LogP contribution in [0.25, 0.3) is 22.0 Å². The first-order valence-corrected chi connectivity index (χ1v) is 6.97. The number of pyridine rings is 1. The van der Waals surface area contributed by atoms with E-state index < -0.39 is 5.60 Å². The van der Waals surface area contributed by atoms with Crippen molar-refractivity contribution < 1.29 is 14.6 Å². The van der Waals surface area contributed by atoms with Gasteiger partial charge in [0.1, 0.15) is 11.1 Å². The lowest BCUT2D eigenvalue weighted by atomic mass is 10.0. The summed E-state index contributed by atoms with van der Waals surface area (Å²) in [7, 11) is 0. The summed E-state index contributed by atoms with van der Waals surface area (Å²) in [6.45, 7) is 3.64. The van der Waals surface area contributed by atoms with Crippen LogP contribution in [0.2, 0.25) is 0 Å². The van der Waals surface area contributed by atoms with Gasteiger partial charge >= 0.3 is 0 Å². The topological polar surface area (TPSA) is 117 Å². The smallest absolute Gasteiger partial charge is 0.295 e. The Labute approximate surface area is 126 Å². The van der Waals surface area contributed by atoms with Crippen molar-refractivity contribution in [3.05, 3.63) is 23.9 Å². The van der Waals surface area contributed by atoms with Crippen LogP contribution in [0.1, 0.15) is 19.5 Å². The van der Waals surface area contributed by atoms with E-state index in [1.54, 1.807) is 26.0 Å². The molecular formula is C15H18N4O3. The molecule has 3 rings (SSSR count). The number of hydrogen-bond donors (Lipinski definition) is 4. The number of nitrogen functional groups attached to an aromatic ring is 1. The zero-order valence-electron chi connectivity index (χ0n) is 12.4. The molecule has 7 heteroatoms. The quantitative estimate of drug-likeness (QED) is 0.578. The van der Waals surface area contributed by atoms with Crippen LogP contribution in [0.4, 0.5) is 11.7 Å². The van der Waals surface area contributed by atoms with E-state index >= 15 is 0 Å². The monoisotopic (exact) mass is 302 g/mol. The third kappa shape index (κ3) is 2.56. The van der Waals surface area contributed by atoms with Gasteiger partial charge < -0.3 is 25.7 Å². The predicted octanol–water partition coefficient (Wildman–Crippen LogP) is 1.59. The molecule has 0 amide bonds. The lowest BCUT2D eigenvalue weighted by Gasteiger charge is -2.19. The molecule has 22 heavy (non-hydrogen) atoms. The molecule has 0 bridgehead atoms. The molecule has 0 radical (unpaired) electrons. The summed E-state index contributed by atoms with van der Waals surface area (Å²) in [6, 6.07) is 5.70. The third-order valence-electron chi connectivity index (χ3n) is 3.32. The zero-order valence-corrected chi connectivity index (χ0v) is 12.4. The lowest BCUT2D eigenvalue weighted by Crippen LogP contribution is -2.19. The van der Waals surface area contributed by atoms with E-state index in [0.717, 1.165) is 5.39 Å². The van der Waals surface area contributed by atoms with Crippen LogP contribution in [-0.4, -0.2) is 33.3 Å². The van der Waals surface area contributed by atoms with Crippen molar-refractivity contribution in [2.75, 3.05) is 24.2 Å². The molecule has 0 aliphatic rings. The maximum Gasteiger partial charge on any atom is 0.295 e. The minimum atomic E-state index is -1.12. The van der Waals surface area contributed by atoms with Crippen molar-refractivity contribution in [2.24, 2.45) is 0 Å². The Bertz CT molecular complexity index is 836.